The Balaban J connectivity index is 1.74. The summed E-state index contributed by atoms with van der Waals surface area (Å²) in [6.07, 6.45) is 4.92. The van der Waals surface area contributed by atoms with Crippen molar-refractivity contribution < 1.29 is 23.5 Å². The Morgan fingerprint density at radius 1 is 1.08 bits per heavy atom. The van der Waals surface area contributed by atoms with Gasteiger partial charge in [-0.1, -0.05) is 20.3 Å². The highest BCUT2D eigenvalue weighted by Crippen LogP contribution is 2.38. The van der Waals surface area contributed by atoms with Crippen molar-refractivity contribution in [3.8, 4) is 23.0 Å². The number of pyridine rings is 1. The number of hydrogen-bond acceptors (Lipinski definition) is 7. The fourth-order valence-electron chi connectivity index (χ4n) is 4.07. The van der Waals surface area contributed by atoms with E-state index in [-0.39, 0.29) is 11.4 Å². The molecule has 0 spiro atoms. The zero-order chi connectivity index (χ0) is 26.2. The molecule has 3 rings (SSSR count). The molecule has 3 aromatic rings. The molecule has 194 valence electrons. The van der Waals surface area contributed by atoms with E-state index in [1.165, 1.54) is 12.1 Å². The van der Waals surface area contributed by atoms with Gasteiger partial charge < -0.3 is 19.1 Å². The van der Waals surface area contributed by atoms with Gasteiger partial charge >= 0.3 is 0 Å². The van der Waals surface area contributed by atoms with Crippen molar-refractivity contribution in [2.75, 3.05) is 34.4 Å². The molecule has 8 nitrogen and oxygen atoms in total. The topological polar surface area (TPSA) is 87.0 Å². The average molecular weight is 500 g/mol. The zero-order valence-electron chi connectivity index (χ0n) is 21.5. The molecule has 0 amide bonds. The second-order valence-corrected chi connectivity index (χ2v) is 9.33. The molecule has 2 atom stereocenters. The molecule has 1 aromatic heterocycles. The van der Waals surface area contributed by atoms with Crippen LogP contribution < -0.4 is 14.2 Å². The number of fused-ring (bicyclic) bond motifs is 1. The molecule has 0 aliphatic rings. The minimum atomic E-state index is -0.828. The molecule has 0 fully saturated rings. The molecule has 0 N–H and O–H groups in total. The molecular formula is C27H34FN3O5. The smallest absolute Gasteiger partial charge is 0.272 e. The average Bonchev–Trinajstić information content (AvgIpc) is 2.85. The number of aromatic nitrogens is 1. The van der Waals surface area contributed by atoms with Crippen LogP contribution in [0.4, 0.5) is 10.1 Å². The molecule has 0 saturated carbocycles. The Morgan fingerprint density at radius 2 is 1.86 bits per heavy atom. The van der Waals surface area contributed by atoms with E-state index in [2.05, 4.69) is 37.8 Å². The number of nitro benzene ring substituents is 1. The molecule has 1 heterocycles. The van der Waals surface area contributed by atoms with Crippen LogP contribution >= 0.6 is 0 Å². The zero-order valence-corrected chi connectivity index (χ0v) is 21.5. The Labute approximate surface area is 211 Å². The second-order valence-electron chi connectivity index (χ2n) is 9.33. The van der Waals surface area contributed by atoms with Gasteiger partial charge in [0.2, 0.25) is 0 Å². The summed E-state index contributed by atoms with van der Waals surface area (Å²) < 4.78 is 31.8. The Hall–Kier alpha value is -3.46. The second kappa shape index (κ2) is 12.5. The van der Waals surface area contributed by atoms with Gasteiger partial charge in [-0.3, -0.25) is 15.1 Å². The first-order valence-electron chi connectivity index (χ1n) is 12.1. The van der Waals surface area contributed by atoms with Crippen LogP contribution in [0.15, 0.2) is 42.6 Å². The van der Waals surface area contributed by atoms with E-state index < -0.39 is 10.7 Å². The fourth-order valence-corrected chi connectivity index (χ4v) is 4.07. The SMILES string of the molecule is CCC(CCC(C)COc1cc2nccc(Oc3ccc([N+](=O)[O-])cc3F)c2cc1OC)CN(C)C. The largest absolute Gasteiger partial charge is 0.493 e. The number of nitro groups is 1. The number of benzene rings is 2. The lowest BCUT2D eigenvalue weighted by Gasteiger charge is -2.21. The highest BCUT2D eigenvalue weighted by Gasteiger charge is 2.17. The first-order valence-corrected chi connectivity index (χ1v) is 12.1. The van der Waals surface area contributed by atoms with Gasteiger partial charge in [0.1, 0.15) is 5.75 Å². The molecular weight excluding hydrogens is 465 g/mol. The minimum Gasteiger partial charge on any atom is -0.493 e. The van der Waals surface area contributed by atoms with Crippen molar-refractivity contribution in [3.63, 3.8) is 0 Å². The van der Waals surface area contributed by atoms with E-state index in [4.69, 9.17) is 14.2 Å². The number of ether oxygens (including phenoxy) is 3. The van der Waals surface area contributed by atoms with E-state index in [9.17, 15) is 14.5 Å². The Kier molecular flexibility index (Phi) is 9.41. The van der Waals surface area contributed by atoms with E-state index in [0.29, 0.717) is 46.6 Å². The van der Waals surface area contributed by atoms with Crippen LogP contribution in [0.25, 0.3) is 10.9 Å². The number of halogens is 1. The Bertz CT molecular complexity index is 1190. The summed E-state index contributed by atoms with van der Waals surface area (Å²) in [6.45, 7) is 6.04. The summed E-state index contributed by atoms with van der Waals surface area (Å²) in [5.41, 5.74) is 0.246. The number of rotatable bonds is 13. The van der Waals surface area contributed by atoms with Crippen molar-refractivity contribution in [3.05, 3.63) is 58.5 Å². The molecule has 0 aliphatic carbocycles. The van der Waals surface area contributed by atoms with Gasteiger partial charge in [-0.15, -0.1) is 0 Å². The van der Waals surface area contributed by atoms with Crippen LogP contribution in [-0.2, 0) is 0 Å². The summed E-state index contributed by atoms with van der Waals surface area (Å²) in [7, 11) is 5.76. The van der Waals surface area contributed by atoms with Crippen LogP contribution in [0, 0.1) is 27.8 Å². The van der Waals surface area contributed by atoms with Crippen LogP contribution in [-0.4, -0.2) is 49.2 Å². The van der Waals surface area contributed by atoms with Crippen molar-refractivity contribution in [1.29, 1.82) is 0 Å². The summed E-state index contributed by atoms with van der Waals surface area (Å²) >= 11 is 0. The quantitative estimate of drug-likeness (QED) is 0.197. The molecule has 36 heavy (non-hydrogen) atoms. The maximum atomic E-state index is 14.4. The van der Waals surface area contributed by atoms with E-state index in [1.807, 2.05) is 0 Å². The molecule has 0 bridgehead atoms. The standard InChI is InChI=1S/C27H34FN3O5/c1-6-19(16-30(3)4)8-7-18(2)17-35-27-15-23-21(14-26(27)34-5)24(11-12-29-23)36-25-10-9-20(31(32)33)13-22(25)28/h9-15,18-19H,6-8,16-17H2,1-5H3. The number of hydrogen-bond donors (Lipinski definition) is 0. The van der Waals surface area contributed by atoms with Crippen LogP contribution in [0.2, 0.25) is 0 Å². The van der Waals surface area contributed by atoms with Crippen molar-refractivity contribution in [2.45, 2.75) is 33.1 Å². The first kappa shape index (κ1) is 27.1. The lowest BCUT2D eigenvalue weighted by molar-refractivity contribution is -0.385. The third-order valence-corrected chi connectivity index (χ3v) is 6.12. The number of nitrogens with zero attached hydrogens (tertiary/aromatic N) is 3. The maximum Gasteiger partial charge on any atom is 0.272 e. The molecule has 0 aliphatic heterocycles. The van der Waals surface area contributed by atoms with Gasteiger partial charge in [-0.25, -0.2) is 4.39 Å². The monoisotopic (exact) mass is 499 g/mol. The van der Waals surface area contributed by atoms with Crippen molar-refractivity contribution in [2.24, 2.45) is 11.8 Å². The summed E-state index contributed by atoms with van der Waals surface area (Å²) in [5.74, 6) is 1.51. The van der Waals surface area contributed by atoms with Gasteiger partial charge in [0.15, 0.2) is 23.1 Å². The fraction of sp³-hybridized carbons (Fsp3) is 0.444. The van der Waals surface area contributed by atoms with Crippen molar-refractivity contribution in [1.82, 2.24) is 9.88 Å². The van der Waals surface area contributed by atoms with E-state index >= 15 is 0 Å². The molecule has 2 aromatic carbocycles. The molecule has 0 radical (unpaired) electrons. The minimum absolute atomic E-state index is 0.124. The third kappa shape index (κ3) is 7.04. The summed E-state index contributed by atoms with van der Waals surface area (Å²) in [4.78, 5) is 16.9. The van der Waals surface area contributed by atoms with Crippen LogP contribution in [0.3, 0.4) is 0 Å². The maximum absolute atomic E-state index is 14.4. The van der Waals surface area contributed by atoms with Crippen LogP contribution in [0.5, 0.6) is 23.0 Å². The van der Waals surface area contributed by atoms with Gasteiger partial charge in [-0.2, -0.15) is 0 Å². The summed E-state index contributed by atoms with van der Waals surface area (Å²) in [5, 5.41) is 11.5. The molecule has 0 saturated heterocycles. The van der Waals surface area contributed by atoms with Gasteiger partial charge in [0.25, 0.3) is 5.69 Å². The molecule has 2 unspecified atom stereocenters. The van der Waals surface area contributed by atoms with Gasteiger partial charge in [0.05, 0.1) is 30.2 Å². The van der Waals surface area contributed by atoms with E-state index in [1.54, 1.807) is 31.5 Å². The first-order chi connectivity index (χ1) is 17.2. The van der Waals surface area contributed by atoms with E-state index in [0.717, 1.165) is 31.9 Å². The van der Waals surface area contributed by atoms with Crippen LogP contribution in [0.1, 0.15) is 33.1 Å². The predicted octanol–water partition coefficient (Wildman–Crippen LogP) is 6.47. The third-order valence-electron chi connectivity index (χ3n) is 6.12. The highest BCUT2D eigenvalue weighted by molar-refractivity contribution is 5.88. The number of non-ortho nitro benzene ring substituents is 1. The Morgan fingerprint density at radius 3 is 2.50 bits per heavy atom. The lowest BCUT2D eigenvalue weighted by atomic mass is 9.95. The van der Waals surface area contributed by atoms with Crippen molar-refractivity contribution >= 4 is 16.6 Å². The predicted molar refractivity (Wildman–Crippen MR) is 138 cm³/mol. The highest BCUT2D eigenvalue weighted by atomic mass is 19.1. The lowest BCUT2D eigenvalue weighted by Crippen LogP contribution is -2.22. The summed E-state index contributed by atoms with van der Waals surface area (Å²) in [6, 6.07) is 8.38. The van der Waals surface area contributed by atoms with Gasteiger partial charge in [-0.05, 0) is 57.0 Å². The number of methoxy groups -OCH3 is 1. The van der Waals surface area contributed by atoms with Gasteiger partial charge in [0, 0.05) is 30.3 Å². The molecule has 9 heteroatoms. The normalized spacial score (nSPS) is 13.0.